The predicted molar refractivity (Wildman–Crippen MR) is 234 cm³/mol. The van der Waals surface area contributed by atoms with E-state index in [0.717, 1.165) is 44.3 Å². The van der Waals surface area contributed by atoms with Gasteiger partial charge in [-0.05, 0) is 101 Å². The first-order chi connectivity index (χ1) is 28.3. The number of aromatic nitrogens is 2. The molecule has 3 aliphatic rings. The van der Waals surface area contributed by atoms with E-state index in [9.17, 15) is 0 Å². The zero-order valence-electron chi connectivity index (χ0n) is 30.4. The Morgan fingerprint density at radius 1 is 0.526 bits per heavy atom. The minimum absolute atomic E-state index is 0.0760. The van der Waals surface area contributed by atoms with Gasteiger partial charge >= 0.3 is 6.71 Å². The summed E-state index contributed by atoms with van der Waals surface area (Å²) in [6, 6.07) is 53.9. The maximum atomic E-state index is 7.27. The van der Waals surface area contributed by atoms with E-state index in [1.165, 1.54) is 93.2 Å². The van der Waals surface area contributed by atoms with Crippen LogP contribution in [0, 0.1) is 0 Å². The van der Waals surface area contributed by atoms with Gasteiger partial charge in [0.15, 0.2) is 0 Å². The molecule has 0 fully saturated rings. The smallest absolute Gasteiger partial charge is 0.338 e. The summed E-state index contributed by atoms with van der Waals surface area (Å²) in [5.74, 6) is -0.0760. The fourth-order valence-electron chi connectivity index (χ4n) is 11.4. The van der Waals surface area contributed by atoms with Gasteiger partial charge < -0.3 is 13.4 Å². The van der Waals surface area contributed by atoms with E-state index in [1.54, 1.807) is 0 Å². The van der Waals surface area contributed by atoms with Crippen molar-refractivity contribution < 1.29 is 8.83 Å². The van der Waals surface area contributed by atoms with Crippen molar-refractivity contribution in [2.75, 3.05) is 0 Å². The molecule has 5 heteroatoms. The Hall–Kier alpha value is -7.37. The molecule has 0 saturated heterocycles. The number of hydrogen-bond acceptors (Lipinski definition) is 3. The quantitative estimate of drug-likeness (QED) is 0.159. The largest absolute Gasteiger partial charge is 0.470 e. The standard InChI is InChI=1S/C52H27BN2O2/c1-8-27-9-3-18-37-43(27)33(14-1)35-16-6-20-41-46(35)48-45(37)38-24-30(31-13-4-12-29-26-54-23-22-32(29)31)25-40-49(38)53(51(48)56-41)52-50-47-36(17-7-21-42(47)57-52)34-15-2-10-28-11-5-19-39(44(28)34)55(40)50/h1-26,45H. The van der Waals surface area contributed by atoms with Crippen molar-refractivity contribution in [1.82, 2.24) is 9.55 Å². The zero-order chi connectivity index (χ0) is 36.7. The lowest BCUT2D eigenvalue weighted by atomic mass is 9.35. The second kappa shape index (κ2) is 9.89. The van der Waals surface area contributed by atoms with Gasteiger partial charge in [0.2, 0.25) is 0 Å². The summed E-state index contributed by atoms with van der Waals surface area (Å²) in [4.78, 5) is 4.51. The van der Waals surface area contributed by atoms with E-state index in [1.807, 2.05) is 12.4 Å². The molecule has 0 radical (unpaired) electrons. The summed E-state index contributed by atoms with van der Waals surface area (Å²) in [6.07, 6.45) is 3.89. The number of pyridine rings is 1. The van der Waals surface area contributed by atoms with E-state index in [-0.39, 0.29) is 12.6 Å². The van der Waals surface area contributed by atoms with Crippen molar-refractivity contribution in [3.63, 3.8) is 0 Å². The Balaban J connectivity index is 1.22. The highest BCUT2D eigenvalue weighted by atomic mass is 16.3. The van der Waals surface area contributed by atoms with Crippen LogP contribution in [-0.4, -0.2) is 16.3 Å². The van der Waals surface area contributed by atoms with Gasteiger partial charge in [0, 0.05) is 45.7 Å². The van der Waals surface area contributed by atoms with Crippen molar-refractivity contribution in [2.45, 2.75) is 5.92 Å². The summed E-state index contributed by atoms with van der Waals surface area (Å²) in [7, 11) is 0. The monoisotopic (exact) mass is 722 g/mol. The normalized spacial score (nSPS) is 14.8. The first kappa shape index (κ1) is 29.0. The summed E-state index contributed by atoms with van der Waals surface area (Å²) in [5.41, 5.74) is 17.2. The molecule has 57 heavy (non-hydrogen) atoms. The summed E-state index contributed by atoms with van der Waals surface area (Å²) in [6.45, 7) is -0.250. The number of benzene rings is 8. The molecule has 4 aromatic heterocycles. The van der Waals surface area contributed by atoms with E-state index in [0.29, 0.717) is 0 Å². The highest BCUT2D eigenvalue weighted by Gasteiger charge is 2.49. The van der Waals surface area contributed by atoms with Crippen LogP contribution in [0.25, 0.3) is 104 Å². The van der Waals surface area contributed by atoms with Crippen LogP contribution >= 0.6 is 0 Å². The molecule has 0 bridgehead atoms. The maximum absolute atomic E-state index is 7.27. The minimum Gasteiger partial charge on any atom is -0.470 e. The molecule has 4 nitrogen and oxygen atoms in total. The molecule has 1 aliphatic carbocycles. The molecule has 6 heterocycles. The van der Waals surface area contributed by atoms with Gasteiger partial charge in [-0.1, -0.05) is 115 Å². The number of furan rings is 2. The summed E-state index contributed by atoms with van der Waals surface area (Å²) >= 11 is 0. The van der Waals surface area contributed by atoms with Crippen molar-refractivity contribution in [1.29, 1.82) is 0 Å². The van der Waals surface area contributed by atoms with Gasteiger partial charge in [-0.3, -0.25) is 4.98 Å². The predicted octanol–water partition coefficient (Wildman–Crippen LogP) is 11.1. The van der Waals surface area contributed by atoms with Crippen LogP contribution in [0.2, 0.25) is 0 Å². The van der Waals surface area contributed by atoms with E-state index < -0.39 is 0 Å². The number of fused-ring (bicyclic) bond motifs is 9. The molecule has 0 amide bonds. The molecule has 8 aromatic carbocycles. The van der Waals surface area contributed by atoms with Crippen LogP contribution in [-0.2, 0) is 0 Å². The van der Waals surface area contributed by atoms with E-state index >= 15 is 0 Å². The van der Waals surface area contributed by atoms with Crippen LogP contribution < -0.4 is 16.8 Å². The Labute approximate surface area is 325 Å². The van der Waals surface area contributed by atoms with Crippen LogP contribution in [0.4, 0.5) is 0 Å². The molecule has 12 aromatic rings. The van der Waals surface area contributed by atoms with Crippen molar-refractivity contribution in [3.05, 3.63) is 175 Å². The number of rotatable bonds is 1. The topological polar surface area (TPSA) is 44.1 Å². The van der Waals surface area contributed by atoms with Gasteiger partial charge in [0.1, 0.15) is 16.8 Å². The van der Waals surface area contributed by atoms with Gasteiger partial charge in [-0.25, -0.2) is 0 Å². The first-order valence-electron chi connectivity index (χ1n) is 19.8. The van der Waals surface area contributed by atoms with Gasteiger partial charge in [0.05, 0.1) is 22.1 Å². The van der Waals surface area contributed by atoms with Crippen LogP contribution in [0.1, 0.15) is 22.6 Å². The third kappa shape index (κ3) is 3.35. The molecule has 15 rings (SSSR count). The van der Waals surface area contributed by atoms with Gasteiger partial charge in [-0.2, -0.15) is 0 Å². The molecular formula is C52H27BN2O2. The molecular weight excluding hydrogens is 695 g/mol. The first-order valence-corrected chi connectivity index (χ1v) is 19.8. The Morgan fingerprint density at radius 3 is 2.07 bits per heavy atom. The lowest BCUT2D eigenvalue weighted by molar-refractivity contribution is 0.634. The highest BCUT2D eigenvalue weighted by molar-refractivity contribution is 6.97. The SMILES string of the molecule is c1cc(-c2cc3c4c(c2)-n2c5cccc6cccc(c7cccc8oc(c2c87)B4c2oc4cccc7c4c2C3c2cccc3cccc-7c23)c65)c2ccncc2c1. The molecule has 0 saturated carbocycles. The van der Waals surface area contributed by atoms with Crippen LogP contribution in [0.15, 0.2) is 167 Å². The Bertz CT molecular complexity index is 3830. The number of nitrogens with zero attached hydrogens (tertiary/aromatic N) is 2. The Morgan fingerprint density at radius 2 is 1.19 bits per heavy atom. The fraction of sp³-hybridized carbons (Fsp3) is 0.0192. The molecule has 0 spiro atoms. The van der Waals surface area contributed by atoms with Gasteiger partial charge in [0.25, 0.3) is 0 Å². The Kier molecular flexibility index (Phi) is 5.03. The van der Waals surface area contributed by atoms with Gasteiger partial charge in [-0.15, -0.1) is 0 Å². The van der Waals surface area contributed by atoms with Crippen molar-refractivity contribution in [2.24, 2.45) is 0 Å². The zero-order valence-corrected chi connectivity index (χ0v) is 30.4. The molecule has 0 N–H and O–H groups in total. The molecule has 260 valence electrons. The molecule has 1 unspecified atom stereocenters. The second-order valence-electron chi connectivity index (χ2n) is 16.1. The van der Waals surface area contributed by atoms with E-state index in [2.05, 4.69) is 155 Å². The van der Waals surface area contributed by atoms with Crippen molar-refractivity contribution in [3.8, 4) is 27.9 Å². The maximum Gasteiger partial charge on any atom is 0.338 e. The summed E-state index contributed by atoms with van der Waals surface area (Å²) < 4.78 is 17.1. The van der Waals surface area contributed by atoms with E-state index in [4.69, 9.17) is 8.83 Å². The van der Waals surface area contributed by atoms with Crippen LogP contribution in [0.5, 0.6) is 0 Å². The average Bonchev–Trinajstić information content (AvgIpc) is 3.77. The highest BCUT2D eigenvalue weighted by Crippen LogP contribution is 2.51. The average molecular weight is 723 g/mol. The minimum atomic E-state index is -0.250. The third-order valence-corrected chi connectivity index (χ3v) is 13.5. The van der Waals surface area contributed by atoms with Crippen LogP contribution in [0.3, 0.4) is 0 Å². The lowest BCUT2D eigenvalue weighted by Gasteiger charge is -2.35. The summed E-state index contributed by atoms with van der Waals surface area (Å²) in [5, 5.41) is 12.1. The third-order valence-electron chi connectivity index (χ3n) is 13.5. The number of hydrogen-bond donors (Lipinski definition) is 0. The molecule has 2 aliphatic heterocycles. The molecule has 1 atom stereocenters. The van der Waals surface area contributed by atoms with Crippen molar-refractivity contribution >= 4 is 99.6 Å². The fourth-order valence-corrected chi connectivity index (χ4v) is 11.4. The lowest BCUT2D eigenvalue weighted by Crippen LogP contribution is -2.60. The second-order valence-corrected chi connectivity index (χ2v) is 16.1.